The number of nitrogens with one attached hydrogen (secondary N) is 1. The van der Waals surface area contributed by atoms with Crippen LogP contribution in [0.5, 0.6) is 0 Å². The normalized spacial score (nSPS) is 15.9. The molecule has 4 rings (SSSR count). The molecule has 0 spiro atoms. The Morgan fingerprint density at radius 3 is 2.85 bits per heavy atom. The summed E-state index contributed by atoms with van der Waals surface area (Å²) in [5.74, 6) is -0.489. The SMILES string of the molecule is Cc1cc(C(=O)NCC(c2cccs2)N2CCCC2)c2ccc(F)cc2n1. The van der Waals surface area contributed by atoms with Gasteiger partial charge in [-0.15, -0.1) is 11.3 Å². The molecule has 1 fully saturated rings. The number of hydrogen-bond donors (Lipinski definition) is 1. The molecule has 1 atom stereocenters. The predicted octanol–water partition coefficient (Wildman–Crippen LogP) is 4.31. The molecule has 4 nitrogen and oxygen atoms in total. The third-order valence-corrected chi connectivity index (χ3v) is 6.03. The van der Waals surface area contributed by atoms with E-state index in [1.165, 1.54) is 29.9 Å². The molecule has 6 heteroatoms. The lowest BCUT2D eigenvalue weighted by molar-refractivity contribution is 0.0940. The van der Waals surface area contributed by atoms with Crippen LogP contribution in [0.2, 0.25) is 0 Å². The Bertz CT molecular complexity index is 946. The van der Waals surface area contributed by atoms with Crippen LogP contribution in [0.1, 0.15) is 39.8 Å². The van der Waals surface area contributed by atoms with Crippen LogP contribution in [0.15, 0.2) is 41.8 Å². The molecule has 1 amide bonds. The summed E-state index contributed by atoms with van der Waals surface area (Å²) in [7, 11) is 0. The number of amides is 1. The van der Waals surface area contributed by atoms with Gasteiger partial charge in [0.25, 0.3) is 5.91 Å². The van der Waals surface area contributed by atoms with Crippen molar-refractivity contribution in [3.8, 4) is 0 Å². The molecular formula is C21H22FN3OS. The number of halogens is 1. The smallest absolute Gasteiger partial charge is 0.252 e. The summed E-state index contributed by atoms with van der Waals surface area (Å²) in [6, 6.07) is 10.5. The first-order chi connectivity index (χ1) is 13.1. The van der Waals surface area contributed by atoms with E-state index >= 15 is 0 Å². The van der Waals surface area contributed by atoms with Gasteiger partial charge in [-0.2, -0.15) is 0 Å². The van der Waals surface area contributed by atoms with Gasteiger partial charge in [0.15, 0.2) is 0 Å². The second-order valence-corrected chi connectivity index (χ2v) is 7.94. The maximum atomic E-state index is 13.5. The zero-order valence-electron chi connectivity index (χ0n) is 15.2. The molecule has 1 saturated heterocycles. The lowest BCUT2D eigenvalue weighted by Crippen LogP contribution is -2.36. The zero-order chi connectivity index (χ0) is 18.8. The van der Waals surface area contributed by atoms with Crippen molar-refractivity contribution in [3.63, 3.8) is 0 Å². The van der Waals surface area contributed by atoms with Crippen molar-refractivity contribution in [1.82, 2.24) is 15.2 Å². The summed E-state index contributed by atoms with van der Waals surface area (Å²) in [6.07, 6.45) is 2.41. The number of nitrogens with zero attached hydrogens (tertiary/aromatic N) is 2. The highest BCUT2D eigenvalue weighted by Gasteiger charge is 2.25. The molecule has 1 unspecified atom stereocenters. The van der Waals surface area contributed by atoms with E-state index in [0.717, 1.165) is 13.1 Å². The van der Waals surface area contributed by atoms with E-state index in [1.54, 1.807) is 23.5 Å². The number of aryl methyl sites for hydroxylation is 1. The van der Waals surface area contributed by atoms with Crippen molar-refractivity contribution in [3.05, 3.63) is 63.7 Å². The third kappa shape index (κ3) is 3.87. The fraction of sp³-hybridized carbons (Fsp3) is 0.333. The highest BCUT2D eigenvalue weighted by Crippen LogP contribution is 2.28. The van der Waals surface area contributed by atoms with Gasteiger partial charge in [0.2, 0.25) is 0 Å². The Kier molecular flexibility index (Phi) is 5.18. The van der Waals surface area contributed by atoms with E-state index in [9.17, 15) is 9.18 Å². The van der Waals surface area contributed by atoms with Crippen molar-refractivity contribution in [1.29, 1.82) is 0 Å². The fourth-order valence-electron chi connectivity index (χ4n) is 3.75. The quantitative estimate of drug-likeness (QED) is 0.714. The van der Waals surface area contributed by atoms with Gasteiger partial charge in [0.05, 0.1) is 17.1 Å². The molecule has 0 saturated carbocycles. The molecule has 3 aromatic rings. The lowest BCUT2D eigenvalue weighted by Gasteiger charge is -2.27. The number of aromatic nitrogens is 1. The molecule has 0 aliphatic carbocycles. The van der Waals surface area contributed by atoms with Crippen molar-refractivity contribution < 1.29 is 9.18 Å². The number of benzene rings is 1. The summed E-state index contributed by atoms with van der Waals surface area (Å²) in [4.78, 5) is 21.0. The summed E-state index contributed by atoms with van der Waals surface area (Å²) >= 11 is 1.73. The van der Waals surface area contributed by atoms with Gasteiger partial charge in [0.1, 0.15) is 5.82 Å². The first-order valence-corrected chi connectivity index (χ1v) is 10.1. The minimum absolute atomic E-state index is 0.141. The number of likely N-dealkylation sites (tertiary alicyclic amines) is 1. The number of carbonyl (C=O) groups excluding carboxylic acids is 1. The monoisotopic (exact) mass is 383 g/mol. The van der Waals surface area contributed by atoms with Crippen molar-refractivity contribution in [2.45, 2.75) is 25.8 Å². The largest absolute Gasteiger partial charge is 0.350 e. The number of rotatable bonds is 5. The highest BCUT2D eigenvalue weighted by molar-refractivity contribution is 7.10. The van der Waals surface area contributed by atoms with Crippen LogP contribution < -0.4 is 5.32 Å². The van der Waals surface area contributed by atoms with E-state index in [1.807, 2.05) is 6.92 Å². The first kappa shape index (κ1) is 18.1. The third-order valence-electron chi connectivity index (χ3n) is 5.05. The van der Waals surface area contributed by atoms with Crippen LogP contribution in [0, 0.1) is 12.7 Å². The topological polar surface area (TPSA) is 45.2 Å². The van der Waals surface area contributed by atoms with Crippen LogP contribution in [-0.4, -0.2) is 35.4 Å². The van der Waals surface area contributed by atoms with Gasteiger partial charge < -0.3 is 5.32 Å². The van der Waals surface area contributed by atoms with Crippen LogP contribution in [0.25, 0.3) is 10.9 Å². The Labute approximate surface area is 162 Å². The molecule has 1 aromatic carbocycles. The Morgan fingerprint density at radius 1 is 1.30 bits per heavy atom. The summed E-state index contributed by atoms with van der Waals surface area (Å²) in [5, 5.41) is 5.86. The minimum atomic E-state index is -0.348. The van der Waals surface area contributed by atoms with E-state index in [-0.39, 0.29) is 17.8 Å². The molecule has 1 N–H and O–H groups in total. The summed E-state index contributed by atoms with van der Waals surface area (Å²) in [6.45, 7) is 4.51. The van der Waals surface area contributed by atoms with Crippen LogP contribution >= 0.6 is 11.3 Å². The zero-order valence-corrected chi connectivity index (χ0v) is 16.1. The molecular weight excluding hydrogens is 361 g/mol. The van der Waals surface area contributed by atoms with Gasteiger partial charge in [-0.25, -0.2) is 4.39 Å². The van der Waals surface area contributed by atoms with Gasteiger partial charge in [-0.1, -0.05) is 6.07 Å². The molecule has 0 radical (unpaired) electrons. The number of fused-ring (bicyclic) bond motifs is 1. The van der Waals surface area contributed by atoms with Crippen molar-refractivity contribution >= 4 is 28.1 Å². The van der Waals surface area contributed by atoms with Gasteiger partial charge >= 0.3 is 0 Å². The van der Waals surface area contributed by atoms with Crippen LogP contribution in [0.3, 0.4) is 0 Å². The maximum Gasteiger partial charge on any atom is 0.252 e. The van der Waals surface area contributed by atoms with E-state index in [4.69, 9.17) is 0 Å². The second kappa shape index (κ2) is 7.74. The minimum Gasteiger partial charge on any atom is -0.350 e. The van der Waals surface area contributed by atoms with Crippen LogP contribution in [0.4, 0.5) is 4.39 Å². The highest BCUT2D eigenvalue weighted by atomic mass is 32.1. The molecule has 140 valence electrons. The molecule has 0 bridgehead atoms. The lowest BCUT2D eigenvalue weighted by atomic mass is 10.1. The Balaban J connectivity index is 1.57. The molecule has 2 aromatic heterocycles. The Hall–Kier alpha value is -2.31. The number of carbonyl (C=O) groups is 1. The van der Waals surface area contributed by atoms with E-state index in [2.05, 4.69) is 32.7 Å². The van der Waals surface area contributed by atoms with E-state index < -0.39 is 0 Å². The number of thiophene rings is 1. The van der Waals surface area contributed by atoms with Gasteiger partial charge in [-0.3, -0.25) is 14.7 Å². The van der Waals surface area contributed by atoms with Gasteiger partial charge in [-0.05, 0) is 62.5 Å². The number of hydrogen-bond acceptors (Lipinski definition) is 4. The molecule has 27 heavy (non-hydrogen) atoms. The molecule has 1 aliphatic heterocycles. The second-order valence-electron chi connectivity index (χ2n) is 6.96. The van der Waals surface area contributed by atoms with Crippen molar-refractivity contribution in [2.24, 2.45) is 0 Å². The fourth-order valence-corrected chi connectivity index (χ4v) is 4.61. The van der Waals surface area contributed by atoms with E-state index in [0.29, 0.717) is 28.7 Å². The molecule has 3 heterocycles. The first-order valence-electron chi connectivity index (χ1n) is 9.24. The summed E-state index contributed by atoms with van der Waals surface area (Å²) in [5.41, 5.74) is 1.76. The summed E-state index contributed by atoms with van der Waals surface area (Å²) < 4.78 is 13.5. The average molecular weight is 383 g/mol. The number of pyridine rings is 1. The standard InChI is InChI=1S/C21H22FN3OS/c1-14-11-17(16-7-6-15(22)12-18(16)24-14)21(26)23-13-19(20-5-4-10-27-20)25-8-2-3-9-25/h4-7,10-12,19H,2-3,8-9,13H2,1H3,(H,23,26). The Morgan fingerprint density at radius 2 is 2.11 bits per heavy atom. The maximum absolute atomic E-state index is 13.5. The van der Waals surface area contributed by atoms with Gasteiger partial charge in [0, 0.05) is 28.6 Å². The van der Waals surface area contributed by atoms with Crippen molar-refractivity contribution in [2.75, 3.05) is 19.6 Å². The average Bonchev–Trinajstić information content (AvgIpc) is 3.35. The predicted molar refractivity (Wildman–Crippen MR) is 107 cm³/mol. The molecule has 1 aliphatic rings. The van der Waals surface area contributed by atoms with Crippen LogP contribution in [-0.2, 0) is 0 Å².